The molecule has 0 radical (unpaired) electrons. The fourth-order valence-electron chi connectivity index (χ4n) is 4.13. The number of sulfonamides is 1. The molecule has 0 saturated carbocycles. The van der Waals surface area contributed by atoms with E-state index in [1.165, 1.54) is 28.9 Å². The summed E-state index contributed by atoms with van der Waals surface area (Å²) in [6, 6.07) is 6.28. The van der Waals surface area contributed by atoms with Gasteiger partial charge in [0.05, 0.1) is 5.56 Å². The zero-order valence-electron chi connectivity index (χ0n) is 15.5. The molecule has 1 saturated heterocycles. The third-order valence-corrected chi connectivity index (χ3v) is 7.73. The first-order valence-corrected chi connectivity index (χ1v) is 11.4. The molecule has 0 N–H and O–H groups in total. The highest BCUT2D eigenvalue weighted by atomic mass is 35.5. The van der Waals surface area contributed by atoms with E-state index in [0.29, 0.717) is 18.1 Å². The minimum atomic E-state index is -3.78. The quantitative estimate of drug-likeness (QED) is 0.762. The summed E-state index contributed by atoms with van der Waals surface area (Å²) in [6.07, 6.45) is 5.97. The molecular weight excluding hydrogens is 398 g/mol. The molecule has 2 aliphatic heterocycles. The minimum Gasteiger partial charge on any atom is -0.315 e. The van der Waals surface area contributed by atoms with Crippen LogP contribution in [0, 0.1) is 11.3 Å². The third kappa shape index (κ3) is 3.54. The number of benzene rings is 1. The van der Waals surface area contributed by atoms with Gasteiger partial charge in [-0.1, -0.05) is 18.0 Å². The van der Waals surface area contributed by atoms with Crippen LogP contribution in [0.25, 0.3) is 0 Å². The van der Waals surface area contributed by atoms with Crippen molar-refractivity contribution in [3.8, 4) is 6.07 Å². The van der Waals surface area contributed by atoms with Crippen molar-refractivity contribution in [2.24, 2.45) is 0 Å². The monoisotopic (exact) mass is 419 g/mol. The highest BCUT2D eigenvalue weighted by Crippen LogP contribution is 2.32. The predicted molar refractivity (Wildman–Crippen MR) is 104 cm³/mol. The normalized spacial score (nSPS) is 20.9. The number of hydrogen-bond donors (Lipinski definition) is 0. The molecule has 0 spiro atoms. The maximum Gasteiger partial charge on any atom is 0.244 e. The molecule has 0 aliphatic carbocycles. The van der Waals surface area contributed by atoms with Gasteiger partial charge in [0.15, 0.2) is 0 Å². The van der Waals surface area contributed by atoms with Crippen LogP contribution in [0.3, 0.4) is 0 Å². The van der Waals surface area contributed by atoms with Gasteiger partial charge in [0.25, 0.3) is 0 Å². The van der Waals surface area contributed by atoms with Crippen molar-refractivity contribution in [1.29, 1.82) is 5.26 Å². The topological polar surface area (TPSA) is 91.9 Å². The van der Waals surface area contributed by atoms with Crippen LogP contribution in [-0.2, 0) is 23.0 Å². The second kappa shape index (κ2) is 7.82. The lowest BCUT2D eigenvalue weighted by Crippen LogP contribution is -2.40. The number of rotatable bonds is 3. The SMILES string of the molecule is N#Cc1cc(Cl)ccc1S(=O)(=O)N1CCC[C@@H](c2nnc3n2CCCCC3)C1. The van der Waals surface area contributed by atoms with Crippen LogP contribution in [0.15, 0.2) is 23.1 Å². The highest BCUT2D eigenvalue weighted by molar-refractivity contribution is 7.89. The fourth-order valence-corrected chi connectivity index (χ4v) is 5.95. The van der Waals surface area contributed by atoms with Gasteiger partial charge in [0, 0.05) is 37.0 Å². The van der Waals surface area contributed by atoms with E-state index in [9.17, 15) is 13.7 Å². The first-order chi connectivity index (χ1) is 13.5. The highest BCUT2D eigenvalue weighted by Gasteiger charge is 2.34. The van der Waals surface area contributed by atoms with Crippen molar-refractivity contribution in [2.45, 2.75) is 55.9 Å². The van der Waals surface area contributed by atoms with Crippen molar-refractivity contribution in [1.82, 2.24) is 19.1 Å². The molecule has 28 heavy (non-hydrogen) atoms. The van der Waals surface area contributed by atoms with Gasteiger partial charge in [-0.15, -0.1) is 10.2 Å². The molecule has 0 amide bonds. The van der Waals surface area contributed by atoms with E-state index >= 15 is 0 Å². The summed E-state index contributed by atoms with van der Waals surface area (Å²) in [6.45, 7) is 1.69. The maximum atomic E-state index is 13.2. The number of aryl methyl sites for hydroxylation is 1. The van der Waals surface area contributed by atoms with Gasteiger partial charge in [0.2, 0.25) is 10.0 Å². The molecule has 1 aromatic heterocycles. The number of nitriles is 1. The molecule has 1 fully saturated rings. The van der Waals surface area contributed by atoms with Gasteiger partial charge in [-0.25, -0.2) is 8.42 Å². The van der Waals surface area contributed by atoms with Gasteiger partial charge in [0.1, 0.15) is 22.6 Å². The molecule has 1 aromatic carbocycles. The zero-order valence-corrected chi connectivity index (χ0v) is 17.1. The van der Waals surface area contributed by atoms with Gasteiger partial charge >= 0.3 is 0 Å². The molecule has 9 heteroatoms. The summed E-state index contributed by atoms with van der Waals surface area (Å²) in [4.78, 5) is 0.0140. The van der Waals surface area contributed by atoms with Crippen LogP contribution in [0.2, 0.25) is 5.02 Å². The Balaban J connectivity index is 1.63. The standard InChI is InChI=1S/C19H22ClN5O2S/c20-16-7-8-17(15(11-16)12-21)28(26,27)24-9-4-5-14(13-24)19-23-22-18-6-2-1-3-10-25(18)19/h7-8,11,14H,1-6,9-10,13H2/t14-/m1/s1. The Hall–Kier alpha value is -1.95. The summed E-state index contributed by atoms with van der Waals surface area (Å²) >= 11 is 5.93. The lowest BCUT2D eigenvalue weighted by Gasteiger charge is -2.31. The Morgan fingerprint density at radius 2 is 2.00 bits per heavy atom. The van der Waals surface area contributed by atoms with Gasteiger partial charge < -0.3 is 4.57 Å². The summed E-state index contributed by atoms with van der Waals surface area (Å²) < 4.78 is 30.1. The smallest absolute Gasteiger partial charge is 0.244 e. The Kier molecular flexibility index (Phi) is 5.41. The lowest BCUT2D eigenvalue weighted by molar-refractivity contribution is 0.304. The Morgan fingerprint density at radius 1 is 1.14 bits per heavy atom. The first kappa shape index (κ1) is 19.4. The number of hydrogen-bond acceptors (Lipinski definition) is 5. The van der Waals surface area contributed by atoms with Gasteiger partial charge in [-0.3, -0.25) is 0 Å². The number of piperidine rings is 1. The molecule has 1 atom stereocenters. The van der Waals surface area contributed by atoms with E-state index < -0.39 is 10.0 Å². The van der Waals surface area contributed by atoms with Crippen LogP contribution < -0.4 is 0 Å². The average molecular weight is 420 g/mol. The van der Waals surface area contributed by atoms with Crippen molar-refractivity contribution in [3.63, 3.8) is 0 Å². The van der Waals surface area contributed by atoms with Crippen LogP contribution in [-0.4, -0.2) is 40.6 Å². The number of fused-ring (bicyclic) bond motifs is 1. The van der Waals surface area contributed by atoms with Crippen molar-refractivity contribution >= 4 is 21.6 Å². The molecule has 7 nitrogen and oxygen atoms in total. The van der Waals surface area contributed by atoms with Crippen molar-refractivity contribution < 1.29 is 8.42 Å². The number of halogens is 1. The largest absolute Gasteiger partial charge is 0.315 e. The molecule has 2 aliphatic rings. The van der Waals surface area contributed by atoms with Crippen LogP contribution >= 0.6 is 11.6 Å². The third-order valence-electron chi connectivity index (χ3n) is 5.57. The van der Waals surface area contributed by atoms with Crippen LogP contribution in [0.5, 0.6) is 0 Å². The second-order valence-electron chi connectivity index (χ2n) is 7.39. The van der Waals surface area contributed by atoms with E-state index in [4.69, 9.17) is 11.6 Å². The number of aromatic nitrogens is 3. The lowest BCUT2D eigenvalue weighted by atomic mass is 9.99. The second-order valence-corrected chi connectivity index (χ2v) is 9.73. The van der Waals surface area contributed by atoms with E-state index in [0.717, 1.165) is 50.3 Å². The fraction of sp³-hybridized carbons (Fsp3) is 0.526. The zero-order chi connectivity index (χ0) is 19.7. The van der Waals surface area contributed by atoms with Crippen LogP contribution in [0.1, 0.15) is 55.2 Å². The summed E-state index contributed by atoms with van der Waals surface area (Å²) in [5.74, 6) is 1.92. The van der Waals surface area contributed by atoms with Crippen molar-refractivity contribution in [3.05, 3.63) is 40.4 Å². The summed E-state index contributed by atoms with van der Waals surface area (Å²) in [5.41, 5.74) is 0.0750. The average Bonchev–Trinajstić information content (AvgIpc) is 2.96. The number of nitrogens with zero attached hydrogens (tertiary/aromatic N) is 5. The molecule has 2 aromatic rings. The van der Waals surface area contributed by atoms with E-state index in [1.54, 1.807) is 0 Å². The molecule has 3 heterocycles. The summed E-state index contributed by atoms with van der Waals surface area (Å²) in [5, 5.41) is 18.5. The van der Waals surface area contributed by atoms with E-state index in [-0.39, 0.29) is 16.4 Å². The molecule has 148 valence electrons. The Morgan fingerprint density at radius 3 is 2.82 bits per heavy atom. The molecular formula is C19H22ClN5O2S. The molecule has 0 unspecified atom stereocenters. The van der Waals surface area contributed by atoms with Crippen LogP contribution in [0.4, 0.5) is 0 Å². The van der Waals surface area contributed by atoms with Crippen molar-refractivity contribution in [2.75, 3.05) is 13.1 Å². The Bertz CT molecular complexity index is 1030. The predicted octanol–water partition coefficient (Wildman–Crippen LogP) is 3.10. The summed E-state index contributed by atoms with van der Waals surface area (Å²) in [7, 11) is -3.78. The van der Waals surface area contributed by atoms with Gasteiger partial charge in [-0.05, 0) is 43.9 Å². The molecule has 0 bridgehead atoms. The maximum absolute atomic E-state index is 13.2. The molecule has 4 rings (SSSR count). The first-order valence-electron chi connectivity index (χ1n) is 9.62. The van der Waals surface area contributed by atoms with E-state index in [2.05, 4.69) is 14.8 Å². The van der Waals surface area contributed by atoms with Gasteiger partial charge in [-0.2, -0.15) is 9.57 Å². The van der Waals surface area contributed by atoms with E-state index in [1.807, 2.05) is 6.07 Å². The Labute approximate surface area is 170 Å². The minimum absolute atomic E-state index is 0.0140.